The Bertz CT molecular complexity index is 528. The smallest absolute Gasteiger partial charge is 0.251 e. The van der Waals surface area contributed by atoms with Crippen LogP contribution in [0.4, 0.5) is 0 Å². The lowest BCUT2D eigenvalue weighted by Gasteiger charge is -2.29. The van der Waals surface area contributed by atoms with Gasteiger partial charge in [-0.2, -0.15) is 0 Å². The molecule has 1 aliphatic heterocycles. The Balaban J connectivity index is 1.58. The second kappa shape index (κ2) is 7.77. The van der Waals surface area contributed by atoms with Gasteiger partial charge in [-0.25, -0.2) is 0 Å². The maximum atomic E-state index is 12.3. The highest BCUT2D eigenvalue weighted by Crippen LogP contribution is 2.33. The van der Waals surface area contributed by atoms with Crippen molar-refractivity contribution in [3.8, 4) is 0 Å². The summed E-state index contributed by atoms with van der Waals surface area (Å²) in [5.74, 6) is 0.496. The lowest BCUT2D eigenvalue weighted by molar-refractivity contribution is 0.0933. The van der Waals surface area contributed by atoms with Crippen LogP contribution in [0, 0.1) is 5.92 Å². The molecule has 1 saturated carbocycles. The Morgan fingerprint density at radius 2 is 1.96 bits per heavy atom. The molecule has 3 rings (SSSR count). The van der Waals surface area contributed by atoms with Crippen LogP contribution in [0.15, 0.2) is 28.7 Å². The summed E-state index contributed by atoms with van der Waals surface area (Å²) < 4.78 is 6.58. The molecule has 1 aliphatic carbocycles. The minimum Gasteiger partial charge on any atom is -0.381 e. The van der Waals surface area contributed by atoms with E-state index in [1.807, 2.05) is 24.3 Å². The van der Waals surface area contributed by atoms with Gasteiger partial charge in [0.2, 0.25) is 0 Å². The lowest BCUT2D eigenvalue weighted by atomic mass is 10.0. The van der Waals surface area contributed by atoms with Gasteiger partial charge in [-0.05, 0) is 69.0 Å². The molecule has 0 aromatic heterocycles. The Hall–Kier alpha value is -0.910. The molecule has 1 aromatic rings. The number of ether oxygens (including phenoxy) is 1. The van der Waals surface area contributed by atoms with E-state index in [0.29, 0.717) is 23.6 Å². The summed E-state index contributed by atoms with van der Waals surface area (Å²) in [6, 6.07) is 8.05. The van der Waals surface area contributed by atoms with Crippen molar-refractivity contribution in [2.24, 2.45) is 5.92 Å². The first-order valence-electron chi connectivity index (χ1n) is 8.48. The first-order chi connectivity index (χ1) is 11.2. The van der Waals surface area contributed by atoms with Crippen LogP contribution in [0.25, 0.3) is 0 Å². The van der Waals surface area contributed by atoms with Crippen molar-refractivity contribution in [1.82, 2.24) is 10.2 Å². The molecule has 5 heteroatoms. The average Bonchev–Trinajstić information content (AvgIpc) is 3.22. The summed E-state index contributed by atoms with van der Waals surface area (Å²) in [6.07, 6.45) is 5.06. The number of carbonyl (C=O) groups is 1. The van der Waals surface area contributed by atoms with Crippen molar-refractivity contribution in [3.63, 3.8) is 0 Å². The van der Waals surface area contributed by atoms with Crippen LogP contribution < -0.4 is 5.32 Å². The second-order valence-corrected chi connectivity index (χ2v) is 7.53. The van der Waals surface area contributed by atoms with E-state index in [-0.39, 0.29) is 5.91 Å². The molecule has 1 saturated heterocycles. The SMILES string of the molecule is CO[C@H]1CC(CNC(=O)c2ccc(Br)cc2)C(N2CCCC2)C1. The Kier molecular flexibility index (Phi) is 5.72. The molecule has 1 N–H and O–H groups in total. The first kappa shape index (κ1) is 16.9. The van der Waals surface area contributed by atoms with E-state index in [1.165, 1.54) is 25.9 Å². The fraction of sp³-hybridized carbons (Fsp3) is 0.611. The molecule has 23 heavy (non-hydrogen) atoms. The highest BCUT2D eigenvalue weighted by Gasteiger charge is 2.38. The second-order valence-electron chi connectivity index (χ2n) is 6.62. The van der Waals surface area contributed by atoms with Gasteiger partial charge in [0.25, 0.3) is 5.91 Å². The van der Waals surface area contributed by atoms with Gasteiger partial charge in [-0.1, -0.05) is 15.9 Å². The maximum Gasteiger partial charge on any atom is 0.251 e. The van der Waals surface area contributed by atoms with E-state index in [4.69, 9.17) is 4.74 Å². The average molecular weight is 381 g/mol. The Morgan fingerprint density at radius 3 is 2.61 bits per heavy atom. The summed E-state index contributed by atoms with van der Waals surface area (Å²) in [6.45, 7) is 3.12. The molecule has 1 heterocycles. The van der Waals surface area contributed by atoms with Crippen molar-refractivity contribution < 1.29 is 9.53 Å². The molecule has 2 aliphatic rings. The third kappa shape index (κ3) is 4.14. The maximum absolute atomic E-state index is 12.3. The monoisotopic (exact) mass is 380 g/mol. The molecule has 126 valence electrons. The number of hydrogen-bond acceptors (Lipinski definition) is 3. The number of hydrogen-bond donors (Lipinski definition) is 1. The number of rotatable bonds is 5. The van der Waals surface area contributed by atoms with E-state index >= 15 is 0 Å². The summed E-state index contributed by atoms with van der Waals surface area (Å²) in [4.78, 5) is 14.9. The third-order valence-corrected chi connectivity index (χ3v) is 5.72. The van der Waals surface area contributed by atoms with Crippen LogP contribution in [0.2, 0.25) is 0 Å². The molecular weight excluding hydrogens is 356 g/mol. The van der Waals surface area contributed by atoms with Crippen LogP contribution >= 0.6 is 15.9 Å². The zero-order chi connectivity index (χ0) is 16.2. The number of carbonyl (C=O) groups excluding carboxylic acids is 1. The summed E-state index contributed by atoms with van der Waals surface area (Å²) >= 11 is 3.40. The lowest BCUT2D eigenvalue weighted by Crippen LogP contribution is -2.41. The predicted molar refractivity (Wildman–Crippen MR) is 94.6 cm³/mol. The van der Waals surface area contributed by atoms with Crippen molar-refractivity contribution >= 4 is 21.8 Å². The molecular formula is C18H25BrN2O2. The number of halogens is 1. The largest absolute Gasteiger partial charge is 0.381 e. The number of benzene rings is 1. The summed E-state index contributed by atoms with van der Waals surface area (Å²) in [5.41, 5.74) is 0.715. The molecule has 0 spiro atoms. The van der Waals surface area contributed by atoms with E-state index in [1.54, 1.807) is 7.11 Å². The van der Waals surface area contributed by atoms with Crippen LogP contribution in [0.1, 0.15) is 36.0 Å². The number of amides is 1. The molecule has 0 bridgehead atoms. The minimum atomic E-state index is 0.0125. The molecule has 3 atom stereocenters. The number of nitrogens with zero attached hydrogens (tertiary/aromatic N) is 1. The zero-order valence-electron chi connectivity index (χ0n) is 13.6. The van der Waals surface area contributed by atoms with Gasteiger partial charge < -0.3 is 10.1 Å². The molecule has 0 radical (unpaired) electrons. The van der Waals surface area contributed by atoms with E-state index < -0.39 is 0 Å². The standard InChI is InChI=1S/C18H25BrN2O2/c1-23-16-10-14(17(11-16)21-8-2-3-9-21)12-20-18(22)13-4-6-15(19)7-5-13/h4-7,14,16-17H,2-3,8-12H2,1H3,(H,20,22)/t14?,16-,17?/m0/s1. The highest BCUT2D eigenvalue weighted by atomic mass is 79.9. The van der Waals surface area contributed by atoms with Crippen molar-refractivity contribution in [1.29, 1.82) is 0 Å². The first-order valence-corrected chi connectivity index (χ1v) is 9.27. The Labute approximate surface area is 146 Å². The molecule has 1 amide bonds. The minimum absolute atomic E-state index is 0.0125. The zero-order valence-corrected chi connectivity index (χ0v) is 15.2. The highest BCUT2D eigenvalue weighted by molar-refractivity contribution is 9.10. The van der Waals surface area contributed by atoms with Gasteiger partial charge in [-0.3, -0.25) is 9.69 Å². The summed E-state index contributed by atoms with van der Waals surface area (Å²) in [7, 11) is 1.80. The quantitative estimate of drug-likeness (QED) is 0.853. The van der Waals surface area contributed by atoms with Crippen LogP contribution in [0.3, 0.4) is 0 Å². The van der Waals surface area contributed by atoms with Crippen molar-refractivity contribution in [2.75, 3.05) is 26.7 Å². The van der Waals surface area contributed by atoms with Gasteiger partial charge in [0.05, 0.1) is 6.10 Å². The molecule has 2 unspecified atom stereocenters. The fourth-order valence-corrected chi connectivity index (χ4v) is 4.18. The molecule has 4 nitrogen and oxygen atoms in total. The van der Waals surface area contributed by atoms with Crippen molar-refractivity contribution in [3.05, 3.63) is 34.3 Å². The third-order valence-electron chi connectivity index (χ3n) is 5.19. The van der Waals surface area contributed by atoms with Gasteiger partial charge in [0.1, 0.15) is 0 Å². The molecule has 1 aromatic carbocycles. The van der Waals surface area contributed by atoms with Crippen LogP contribution in [-0.4, -0.2) is 49.7 Å². The van der Waals surface area contributed by atoms with Crippen molar-refractivity contribution in [2.45, 2.75) is 37.8 Å². The normalized spacial score (nSPS) is 28.2. The van der Waals surface area contributed by atoms with E-state index in [2.05, 4.69) is 26.1 Å². The number of likely N-dealkylation sites (tertiary alicyclic amines) is 1. The Morgan fingerprint density at radius 1 is 1.26 bits per heavy atom. The number of methoxy groups -OCH3 is 1. The topological polar surface area (TPSA) is 41.6 Å². The molecule has 2 fully saturated rings. The number of nitrogens with one attached hydrogen (secondary N) is 1. The van der Waals surface area contributed by atoms with E-state index in [0.717, 1.165) is 23.9 Å². The van der Waals surface area contributed by atoms with Gasteiger partial charge in [0.15, 0.2) is 0 Å². The van der Waals surface area contributed by atoms with Crippen LogP contribution in [-0.2, 0) is 4.74 Å². The van der Waals surface area contributed by atoms with E-state index in [9.17, 15) is 4.79 Å². The van der Waals surface area contributed by atoms with Gasteiger partial charge >= 0.3 is 0 Å². The predicted octanol–water partition coefficient (Wildman–Crippen LogP) is 3.07. The van der Waals surface area contributed by atoms with Crippen LogP contribution in [0.5, 0.6) is 0 Å². The van der Waals surface area contributed by atoms with Gasteiger partial charge in [-0.15, -0.1) is 0 Å². The summed E-state index contributed by atoms with van der Waals surface area (Å²) in [5, 5.41) is 3.12. The fourth-order valence-electron chi connectivity index (χ4n) is 3.91. The van der Waals surface area contributed by atoms with Gasteiger partial charge in [0, 0.05) is 29.7 Å².